The maximum atomic E-state index is 14.6. The molecule has 0 radical (unpaired) electrons. The van der Waals surface area contributed by atoms with Gasteiger partial charge in [-0.3, -0.25) is 28.2 Å². The van der Waals surface area contributed by atoms with Gasteiger partial charge in [0.2, 0.25) is 24.5 Å². The summed E-state index contributed by atoms with van der Waals surface area (Å²) in [7, 11) is 0.600. The maximum absolute atomic E-state index is 14.6. The van der Waals surface area contributed by atoms with Crippen LogP contribution in [0.3, 0.4) is 0 Å². The number of unbranched alkanes of at least 4 members (excludes halogenated alkanes) is 5. The van der Waals surface area contributed by atoms with Crippen molar-refractivity contribution in [1.29, 1.82) is 0 Å². The van der Waals surface area contributed by atoms with E-state index in [1.165, 1.54) is 68.7 Å². The Hall–Kier alpha value is -4.97. The predicted octanol–water partition coefficient (Wildman–Crippen LogP) is 6.07. The minimum atomic E-state index is -1.04. The fourth-order valence-corrected chi connectivity index (χ4v) is 13.3. The Bertz CT molecular complexity index is 2300. The second kappa shape index (κ2) is 26.8. The molecule has 0 aromatic heterocycles. The van der Waals surface area contributed by atoms with E-state index in [1.54, 1.807) is 12.1 Å². The lowest BCUT2D eigenvalue weighted by Crippen LogP contribution is -2.72. The Kier molecular flexibility index (Phi) is 21.0. The van der Waals surface area contributed by atoms with Crippen molar-refractivity contribution in [2.45, 2.75) is 139 Å². The Morgan fingerprint density at radius 2 is 1.47 bits per heavy atom. The zero-order valence-electron chi connectivity index (χ0n) is 42.5. The molecule has 17 heteroatoms. The number of fused-ring (bicyclic) bond motifs is 1. The van der Waals surface area contributed by atoms with Gasteiger partial charge in [0, 0.05) is 27.3 Å². The number of ketones is 1. The van der Waals surface area contributed by atoms with Gasteiger partial charge >= 0.3 is 5.97 Å². The van der Waals surface area contributed by atoms with E-state index < -0.39 is 76.0 Å². The van der Waals surface area contributed by atoms with Crippen LogP contribution in [0.4, 0.5) is 0 Å². The molecule has 72 heavy (non-hydrogen) atoms. The van der Waals surface area contributed by atoms with Crippen molar-refractivity contribution in [1.82, 2.24) is 16.0 Å². The topological polar surface area (TPSA) is 238 Å². The molecule has 3 amide bonds. The number of carbonyl (C=O) groups is 5. The van der Waals surface area contributed by atoms with Crippen LogP contribution < -0.4 is 36.9 Å². The molecule has 3 aromatic rings. The fraction of sp³-hybridized carbons (Fsp3) is 0.582. The van der Waals surface area contributed by atoms with Crippen LogP contribution >= 0.6 is 11.8 Å². The lowest BCUT2D eigenvalue weighted by atomic mass is 9.41. The number of benzene rings is 3. The predicted molar refractivity (Wildman–Crippen MR) is 282 cm³/mol. The molecule has 5 unspecified atom stereocenters. The minimum absolute atomic E-state index is 0.0987. The highest BCUT2D eigenvalue weighted by Crippen LogP contribution is 2.64. The number of phenolic OH excluding ortho intramolecular Hbond substituents is 1. The van der Waals surface area contributed by atoms with Gasteiger partial charge in [-0.25, -0.2) is 0 Å². The van der Waals surface area contributed by atoms with Crippen molar-refractivity contribution in [3.63, 3.8) is 0 Å². The molecule has 4 saturated carbocycles. The Morgan fingerprint density at radius 1 is 0.819 bits per heavy atom. The number of esters is 1. The number of amides is 3. The van der Waals surface area contributed by atoms with Crippen molar-refractivity contribution in [2.24, 2.45) is 34.6 Å². The number of aromatic hydroxyl groups is 1. The minimum Gasteiger partial charge on any atom is -0.508 e. The van der Waals surface area contributed by atoms with Crippen LogP contribution in [-0.2, 0) is 58.8 Å². The fourth-order valence-electron chi connectivity index (χ4n) is 11.6. The molecule has 8 atom stereocenters. The van der Waals surface area contributed by atoms with Crippen molar-refractivity contribution >= 4 is 52.0 Å². The molecule has 0 saturated heterocycles. The molecule has 4 aliphatic carbocycles. The van der Waals surface area contributed by atoms with Crippen LogP contribution in [0, 0.1) is 23.2 Å². The van der Waals surface area contributed by atoms with Crippen molar-refractivity contribution in [3.05, 3.63) is 89.5 Å². The van der Waals surface area contributed by atoms with Gasteiger partial charge in [0.15, 0.2) is 17.3 Å². The van der Waals surface area contributed by atoms with Crippen LogP contribution in [0.5, 0.6) is 17.2 Å². The summed E-state index contributed by atoms with van der Waals surface area (Å²) in [6.07, 6.45) is 14.2. The Balaban J connectivity index is 0.000000321. The molecule has 4 bridgehead atoms. The molecule has 3 aromatic carbocycles. The number of thioether (sulfide) groups is 1. The molecular formula is C55H77N5O10S2. The summed E-state index contributed by atoms with van der Waals surface area (Å²) < 4.78 is 28.3. The maximum Gasteiger partial charge on any atom is 0.312 e. The number of hydrogen-bond donors (Lipinski definition) is 6. The first kappa shape index (κ1) is 56.3. The van der Waals surface area contributed by atoms with Gasteiger partial charge in [0.1, 0.15) is 11.8 Å². The number of carbonyl (C=O) groups excluding carboxylic acids is 5. The average molecular weight is 1030 g/mol. The number of Topliss-reactive ketones (excluding diaryl/α,β-unsaturated/α-hetero) is 1. The molecular weight excluding hydrogens is 955 g/mol. The van der Waals surface area contributed by atoms with Gasteiger partial charge in [-0.05, 0) is 129 Å². The number of methoxy groups -OCH3 is 1. The summed E-state index contributed by atoms with van der Waals surface area (Å²) in [6.45, 7) is 4.18. The first-order valence-corrected chi connectivity index (χ1v) is 28.5. The first-order valence-electron chi connectivity index (χ1n) is 25.7. The molecule has 8 N–H and O–H groups in total. The number of nitrogens with two attached hydrogens (primary N) is 2. The van der Waals surface area contributed by atoms with E-state index in [9.17, 15) is 33.3 Å². The second-order valence-corrected chi connectivity index (χ2v) is 23.4. The lowest BCUT2D eigenvalue weighted by Gasteiger charge is -2.63. The molecule has 4 fully saturated rings. The highest BCUT2D eigenvalue weighted by atomic mass is 32.2. The summed E-state index contributed by atoms with van der Waals surface area (Å²) in [5, 5.41) is 17.9. The third-order valence-electron chi connectivity index (χ3n) is 14.8. The highest BCUT2D eigenvalue weighted by molar-refractivity contribution is 7.98. The first-order chi connectivity index (χ1) is 34.6. The standard InChI is InChI=1S/C37H49N5O7S.C18H28O3S/c1-49-35(48)36-17-24-14-25(18-36)20-37(39,19-24)32(36)31(45)29(16-22-6-4-3-5-7-22)41-30(44)21-40-34(47)28(12-13-50-2)42-33(46)27(38)15-23-8-10-26(43)11-9-23;1-3-4-5-6-7-8-11-22(19)15(2)12-16-9-10-17-18(13-16)21-14-20-17/h3-11,24-25,27-29,32,43H,12-21,38-39H2,1-2H3,(H,40,47)(H,41,44)(H,42,46);9-10,13,15H,3-8,11-12,14H2,1-2H3/t24?,25?,27-,28+,29-,32?,36?,37?;/m0./s1. The van der Waals surface area contributed by atoms with Crippen LogP contribution in [0.15, 0.2) is 72.8 Å². The molecule has 15 nitrogen and oxygen atoms in total. The molecule has 1 aliphatic heterocycles. The zero-order chi connectivity index (χ0) is 51.8. The number of ether oxygens (including phenoxy) is 3. The van der Waals surface area contributed by atoms with Gasteiger partial charge in [-0.15, -0.1) is 0 Å². The van der Waals surface area contributed by atoms with Gasteiger partial charge in [0.25, 0.3) is 0 Å². The monoisotopic (exact) mass is 1030 g/mol. The second-order valence-electron chi connectivity index (χ2n) is 20.4. The van der Waals surface area contributed by atoms with Crippen molar-refractivity contribution < 1.29 is 47.5 Å². The van der Waals surface area contributed by atoms with Crippen molar-refractivity contribution in [3.8, 4) is 17.2 Å². The van der Waals surface area contributed by atoms with Crippen LogP contribution in [0.1, 0.15) is 108 Å². The summed E-state index contributed by atoms with van der Waals surface area (Å²) in [6, 6.07) is 18.8. The number of rotatable bonds is 26. The Labute approximate surface area is 432 Å². The quantitative estimate of drug-likeness (QED) is 0.0396. The van der Waals surface area contributed by atoms with Crippen LogP contribution in [-0.4, -0.2) is 106 Å². The average Bonchev–Trinajstić information content (AvgIpc) is 3.83. The van der Waals surface area contributed by atoms with Gasteiger partial charge in [0.05, 0.1) is 37.1 Å². The molecule has 8 rings (SSSR count). The summed E-state index contributed by atoms with van der Waals surface area (Å²) in [4.78, 5) is 67.8. The van der Waals surface area contributed by atoms with Crippen LogP contribution in [0.25, 0.3) is 0 Å². The number of phenols is 1. The van der Waals surface area contributed by atoms with E-state index in [0.717, 1.165) is 47.6 Å². The van der Waals surface area contributed by atoms with E-state index in [1.807, 2.05) is 54.8 Å². The van der Waals surface area contributed by atoms with E-state index >= 15 is 0 Å². The largest absolute Gasteiger partial charge is 0.508 e. The van der Waals surface area contributed by atoms with Crippen molar-refractivity contribution in [2.75, 3.05) is 38.2 Å². The number of hydrogen-bond acceptors (Lipinski definition) is 13. The third-order valence-corrected chi connectivity index (χ3v) is 17.2. The van der Waals surface area contributed by atoms with E-state index in [2.05, 4.69) is 29.8 Å². The number of nitrogens with one attached hydrogen (secondary N) is 3. The third kappa shape index (κ3) is 15.1. The molecule has 394 valence electrons. The normalized spacial score (nSPS) is 23.3. The van der Waals surface area contributed by atoms with Crippen LogP contribution in [0.2, 0.25) is 0 Å². The van der Waals surface area contributed by atoms with E-state index in [0.29, 0.717) is 44.6 Å². The lowest BCUT2D eigenvalue weighted by molar-refractivity contribution is -0.188. The summed E-state index contributed by atoms with van der Waals surface area (Å²) in [5.41, 5.74) is 14.0. The van der Waals surface area contributed by atoms with Gasteiger partial charge in [-0.1, -0.05) is 94.5 Å². The highest BCUT2D eigenvalue weighted by Gasteiger charge is 2.68. The summed E-state index contributed by atoms with van der Waals surface area (Å²) in [5.74, 6) is 0.396. The smallest absolute Gasteiger partial charge is 0.312 e. The van der Waals surface area contributed by atoms with E-state index in [4.69, 9.17) is 25.7 Å². The molecule has 0 spiro atoms. The molecule has 5 aliphatic rings. The Morgan fingerprint density at radius 3 is 2.15 bits per heavy atom. The molecule has 1 heterocycles. The SMILES string of the molecule is CCCCCCCCS(=O)C(C)Cc1ccc2c(c1)OCO2.COC(=O)C12CC3CC(CC(N)(C3)C1C(=O)[C@H](Cc1ccccc1)NC(=O)CNC(=O)[C@@H](CCSC)NC(=O)[C@@H](N)Cc1ccc(O)cc1)C2. The van der Waals surface area contributed by atoms with E-state index in [-0.39, 0.29) is 41.5 Å². The summed E-state index contributed by atoms with van der Waals surface area (Å²) >= 11 is 1.50. The van der Waals surface area contributed by atoms with Gasteiger partial charge in [-0.2, -0.15) is 11.8 Å². The van der Waals surface area contributed by atoms with Gasteiger partial charge < -0.3 is 46.7 Å². The zero-order valence-corrected chi connectivity index (χ0v) is 44.1.